The predicted octanol–water partition coefficient (Wildman–Crippen LogP) is 3.51. The van der Waals surface area contributed by atoms with Crippen LogP contribution in [0, 0.1) is 11.8 Å². The SMILES string of the molecule is CC1CCC(CCNC(=O)c2ccc3cn[nH]c3c2)CC1. The topological polar surface area (TPSA) is 57.8 Å². The Balaban J connectivity index is 1.49. The number of hydrogen-bond donors (Lipinski definition) is 2. The summed E-state index contributed by atoms with van der Waals surface area (Å²) in [6.07, 6.45) is 8.18. The second kappa shape index (κ2) is 6.29. The molecule has 1 saturated carbocycles. The lowest BCUT2D eigenvalue weighted by Gasteiger charge is -2.26. The number of amides is 1. The van der Waals surface area contributed by atoms with E-state index in [1.54, 1.807) is 6.20 Å². The number of H-pyrrole nitrogens is 1. The van der Waals surface area contributed by atoms with Gasteiger partial charge in [-0.1, -0.05) is 38.7 Å². The first kappa shape index (κ1) is 14.1. The molecule has 1 aliphatic rings. The van der Waals surface area contributed by atoms with E-state index in [1.165, 1.54) is 25.7 Å². The number of carbonyl (C=O) groups is 1. The van der Waals surface area contributed by atoms with Gasteiger partial charge in [0, 0.05) is 17.5 Å². The summed E-state index contributed by atoms with van der Waals surface area (Å²) >= 11 is 0. The van der Waals surface area contributed by atoms with Crippen LogP contribution in [-0.2, 0) is 0 Å². The molecule has 21 heavy (non-hydrogen) atoms. The maximum absolute atomic E-state index is 12.2. The highest BCUT2D eigenvalue weighted by atomic mass is 16.1. The Morgan fingerprint density at radius 2 is 2.14 bits per heavy atom. The molecule has 1 aliphatic carbocycles. The third-order valence-corrected chi connectivity index (χ3v) is 4.68. The molecule has 4 heteroatoms. The normalized spacial score (nSPS) is 22.3. The van der Waals surface area contributed by atoms with Gasteiger partial charge in [0.15, 0.2) is 0 Å². The molecule has 4 nitrogen and oxygen atoms in total. The van der Waals surface area contributed by atoms with E-state index in [-0.39, 0.29) is 5.91 Å². The van der Waals surface area contributed by atoms with Crippen molar-refractivity contribution in [2.45, 2.75) is 39.0 Å². The van der Waals surface area contributed by atoms with Crippen LogP contribution in [0.3, 0.4) is 0 Å². The van der Waals surface area contributed by atoms with Crippen molar-refractivity contribution in [1.82, 2.24) is 15.5 Å². The van der Waals surface area contributed by atoms with Crippen LogP contribution in [0.25, 0.3) is 10.9 Å². The zero-order valence-corrected chi connectivity index (χ0v) is 12.6. The van der Waals surface area contributed by atoms with Crippen LogP contribution in [0.15, 0.2) is 24.4 Å². The zero-order valence-electron chi connectivity index (χ0n) is 12.6. The smallest absolute Gasteiger partial charge is 0.251 e. The Labute approximate surface area is 125 Å². The van der Waals surface area contributed by atoms with E-state index < -0.39 is 0 Å². The highest BCUT2D eigenvalue weighted by molar-refractivity contribution is 5.97. The number of nitrogens with one attached hydrogen (secondary N) is 2. The molecular weight excluding hydrogens is 262 g/mol. The third-order valence-electron chi connectivity index (χ3n) is 4.68. The summed E-state index contributed by atoms with van der Waals surface area (Å²) in [4.78, 5) is 12.2. The first-order valence-electron chi connectivity index (χ1n) is 7.93. The summed E-state index contributed by atoms with van der Waals surface area (Å²) < 4.78 is 0. The molecule has 0 aliphatic heterocycles. The Hall–Kier alpha value is -1.84. The lowest BCUT2D eigenvalue weighted by atomic mass is 9.81. The molecule has 0 unspecified atom stereocenters. The number of rotatable bonds is 4. The number of fused-ring (bicyclic) bond motifs is 1. The molecule has 0 saturated heterocycles. The van der Waals surface area contributed by atoms with Crippen LogP contribution in [0.5, 0.6) is 0 Å². The summed E-state index contributed by atoms with van der Waals surface area (Å²) in [6, 6.07) is 5.64. The molecule has 0 spiro atoms. The highest BCUT2D eigenvalue weighted by Crippen LogP contribution is 2.29. The van der Waals surface area contributed by atoms with Gasteiger partial charge in [-0.05, 0) is 30.4 Å². The van der Waals surface area contributed by atoms with Crippen molar-refractivity contribution in [3.05, 3.63) is 30.0 Å². The zero-order chi connectivity index (χ0) is 14.7. The van der Waals surface area contributed by atoms with Gasteiger partial charge in [-0.3, -0.25) is 9.89 Å². The molecule has 2 aromatic rings. The van der Waals surface area contributed by atoms with Crippen molar-refractivity contribution in [3.63, 3.8) is 0 Å². The fourth-order valence-electron chi connectivity index (χ4n) is 3.19. The van der Waals surface area contributed by atoms with Gasteiger partial charge >= 0.3 is 0 Å². The molecule has 1 aromatic heterocycles. The van der Waals surface area contributed by atoms with Gasteiger partial charge in [0.2, 0.25) is 0 Å². The largest absolute Gasteiger partial charge is 0.352 e. The van der Waals surface area contributed by atoms with Crippen molar-refractivity contribution in [3.8, 4) is 0 Å². The van der Waals surface area contributed by atoms with Gasteiger partial charge in [0.05, 0.1) is 11.7 Å². The van der Waals surface area contributed by atoms with Crippen molar-refractivity contribution in [1.29, 1.82) is 0 Å². The van der Waals surface area contributed by atoms with E-state index in [2.05, 4.69) is 22.4 Å². The maximum atomic E-state index is 12.2. The number of hydrogen-bond acceptors (Lipinski definition) is 2. The van der Waals surface area contributed by atoms with E-state index in [4.69, 9.17) is 0 Å². The molecule has 1 fully saturated rings. The molecule has 0 atom stereocenters. The number of nitrogens with zero attached hydrogens (tertiary/aromatic N) is 1. The summed E-state index contributed by atoms with van der Waals surface area (Å²) in [6.45, 7) is 3.11. The lowest BCUT2D eigenvalue weighted by Crippen LogP contribution is -2.26. The van der Waals surface area contributed by atoms with E-state index >= 15 is 0 Å². The Morgan fingerprint density at radius 3 is 2.95 bits per heavy atom. The fourth-order valence-corrected chi connectivity index (χ4v) is 3.19. The van der Waals surface area contributed by atoms with E-state index in [0.29, 0.717) is 5.56 Å². The molecule has 112 valence electrons. The number of benzene rings is 1. The average Bonchev–Trinajstić information content (AvgIpc) is 2.96. The second-order valence-electron chi connectivity index (χ2n) is 6.34. The lowest BCUT2D eigenvalue weighted by molar-refractivity contribution is 0.0950. The van der Waals surface area contributed by atoms with E-state index in [1.807, 2.05) is 18.2 Å². The minimum absolute atomic E-state index is 0.00989. The second-order valence-corrected chi connectivity index (χ2v) is 6.34. The summed E-state index contributed by atoms with van der Waals surface area (Å²) in [5.41, 5.74) is 1.60. The first-order chi connectivity index (χ1) is 10.2. The molecule has 3 rings (SSSR count). The standard InChI is InChI=1S/C17H23N3O/c1-12-2-4-13(5-3-12)8-9-18-17(21)14-6-7-15-11-19-20-16(15)10-14/h6-7,10-13H,2-5,8-9H2,1H3,(H,18,21)(H,19,20). The minimum atomic E-state index is 0.00989. The van der Waals surface area contributed by atoms with Gasteiger partial charge in [-0.25, -0.2) is 0 Å². The molecule has 1 amide bonds. The fraction of sp³-hybridized carbons (Fsp3) is 0.529. The van der Waals surface area contributed by atoms with E-state index in [9.17, 15) is 4.79 Å². The van der Waals surface area contributed by atoms with Gasteiger partial charge in [0.25, 0.3) is 5.91 Å². The summed E-state index contributed by atoms with van der Waals surface area (Å²) in [7, 11) is 0. The van der Waals surface area contributed by atoms with Gasteiger partial charge < -0.3 is 5.32 Å². The predicted molar refractivity (Wildman–Crippen MR) is 84.2 cm³/mol. The number of aromatic nitrogens is 2. The van der Waals surface area contributed by atoms with Crippen LogP contribution in [0.4, 0.5) is 0 Å². The Morgan fingerprint density at radius 1 is 1.33 bits per heavy atom. The van der Waals surface area contributed by atoms with Crippen LogP contribution in [0.2, 0.25) is 0 Å². The van der Waals surface area contributed by atoms with Crippen LogP contribution in [0.1, 0.15) is 49.4 Å². The molecular formula is C17H23N3O. The van der Waals surface area contributed by atoms with Gasteiger partial charge in [-0.15, -0.1) is 0 Å². The first-order valence-corrected chi connectivity index (χ1v) is 7.93. The summed E-state index contributed by atoms with van der Waals surface area (Å²) in [5, 5.41) is 10.9. The molecule has 1 aromatic carbocycles. The van der Waals surface area contributed by atoms with Crippen LogP contribution >= 0.6 is 0 Å². The summed E-state index contributed by atoms with van der Waals surface area (Å²) in [5.74, 6) is 1.68. The average molecular weight is 285 g/mol. The van der Waals surface area contributed by atoms with Crippen molar-refractivity contribution in [2.75, 3.05) is 6.54 Å². The van der Waals surface area contributed by atoms with Gasteiger partial charge in [-0.2, -0.15) is 5.10 Å². The van der Waals surface area contributed by atoms with Crippen molar-refractivity contribution >= 4 is 16.8 Å². The monoisotopic (exact) mass is 285 g/mol. The maximum Gasteiger partial charge on any atom is 0.251 e. The molecule has 0 radical (unpaired) electrons. The highest BCUT2D eigenvalue weighted by Gasteiger charge is 2.18. The Kier molecular flexibility index (Phi) is 4.23. The number of carbonyl (C=O) groups excluding carboxylic acids is 1. The minimum Gasteiger partial charge on any atom is -0.352 e. The molecule has 1 heterocycles. The van der Waals surface area contributed by atoms with Crippen LogP contribution in [-0.4, -0.2) is 22.6 Å². The third kappa shape index (κ3) is 3.43. The molecule has 2 N–H and O–H groups in total. The Bertz CT molecular complexity index is 611. The molecule has 0 bridgehead atoms. The van der Waals surface area contributed by atoms with Crippen molar-refractivity contribution in [2.24, 2.45) is 11.8 Å². The van der Waals surface area contributed by atoms with Crippen molar-refractivity contribution < 1.29 is 4.79 Å². The quantitative estimate of drug-likeness (QED) is 0.903. The van der Waals surface area contributed by atoms with Gasteiger partial charge in [0.1, 0.15) is 0 Å². The number of aromatic amines is 1. The van der Waals surface area contributed by atoms with E-state index in [0.717, 1.165) is 35.7 Å². The van der Waals surface area contributed by atoms with Crippen LogP contribution < -0.4 is 5.32 Å².